The van der Waals surface area contributed by atoms with Crippen LogP contribution in [-0.2, 0) is 6.42 Å². The lowest BCUT2D eigenvalue weighted by atomic mass is 10.1. The van der Waals surface area contributed by atoms with E-state index in [0.29, 0.717) is 18.0 Å². The number of carbonyl (C=O) groups excluding carboxylic acids is 1. The van der Waals surface area contributed by atoms with E-state index in [1.807, 2.05) is 18.2 Å². The standard InChI is InChI=1S/C16H14ClF2NO2/c17-13-5-1-3-11(9-13)7-8-20-15(21)12-4-2-6-14(10-12)22-16(18)19/h1-6,9-10,16H,7-8H2,(H,20,21). The maximum Gasteiger partial charge on any atom is 0.387 e. The molecule has 0 bridgehead atoms. The molecule has 2 rings (SSSR count). The number of benzene rings is 2. The van der Waals surface area contributed by atoms with Gasteiger partial charge in [-0.2, -0.15) is 8.78 Å². The minimum atomic E-state index is -2.92. The van der Waals surface area contributed by atoms with Crippen LogP contribution in [0.5, 0.6) is 5.75 Å². The zero-order chi connectivity index (χ0) is 15.9. The van der Waals surface area contributed by atoms with E-state index >= 15 is 0 Å². The molecule has 0 heterocycles. The molecular weight excluding hydrogens is 312 g/mol. The van der Waals surface area contributed by atoms with Crippen molar-refractivity contribution in [3.8, 4) is 5.75 Å². The van der Waals surface area contributed by atoms with E-state index in [0.717, 1.165) is 5.56 Å². The van der Waals surface area contributed by atoms with Gasteiger partial charge in [-0.1, -0.05) is 29.8 Å². The summed E-state index contributed by atoms with van der Waals surface area (Å²) >= 11 is 5.88. The van der Waals surface area contributed by atoms with E-state index < -0.39 is 6.61 Å². The Hall–Kier alpha value is -2.14. The Balaban J connectivity index is 1.89. The third kappa shape index (κ3) is 5.00. The smallest absolute Gasteiger partial charge is 0.387 e. The molecule has 2 aromatic carbocycles. The number of ether oxygens (including phenoxy) is 1. The van der Waals surface area contributed by atoms with Crippen molar-refractivity contribution in [1.82, 2.24) is 5.32 Å². The minimum Gasteiger partial charge on any atom is -0.435 e. The summed E-state index contributed by atoms with van der Waals surface area (Å²) in [7, 11) is 0. The van der Waals surface area contributed by atoms with Crippen LogP contribution in [-0.4, -0.2) is 19.1 Å². The number of halogens is 3. The number of hydrogen-bond donors (Lipinski definition) is 1. The fraction of sp³-hybridized carbons (Fsp3) is 0.188. The molecule has 0 unspecified atom stereocenters. The van der Waals surface area contributed by atoms with Crippen LogP contribution in [0.15, 0.2) is 48.5 Å². The first-order valence-corrected chi connectivity index (χ1v) is 7.00. The molecule has 0 spiro atoms. The van der Waals surface area contributed by atoms with Crippen molar-refractivity contribution in [2.24, 2.45) is 0 Å². The molecule has 0 saturated heterocycles. The summed E-state index contributed by atoms with van der Waals surface area (Å²) in [5, 5.41) is 3.36. The van der Waals surface area contributed by atoms with Crippen LogP contribution in [0.4, 0.5) is 8.78 Å². The van der Waals surface area contributed by atoms with E-state index in [2.05, 4.69) is 10.1 Å². The molecule has 22 heavy (non-hydrogen) atoms. The number of carbonyl (C=O) groups is 1. The molecule has 0 saturated carbocycles. The van der Waals surface area contributed by atoms with Gasteiger partial charge in [-0.25, -0.2) is 0 Å². The largest absolute Gasteiger partial charge is 0.435 e. The highest BCUT2D eigenvalue weighted by atomic mass is 35.5. The maximum atomic E-state index is 12.1. The Morgan fingerprint density at radius 3 is 2.68 bits per heavy atom. The number of rotatable bonds is 6. The number of amides is 1. The zero-order valence-electron chi connectivity index (χ0n) is 11.6. The number of nitrogens with one attached hydrogen (secondary N) is 1. The molecule has 2 aromatic rings. The lowest BCUT2D eigenvalue weighted by Gasteiger charge is -2.08. The monoisotopic (exact) mass is 325 g/mol. The normalized spacial score (nSPS) is 10.5. The second-order valence-electron chi connectivity index (χ2n) is 4.54. The Morgan fingerprint density at radius 1 is 1.18 bits per heavy atom. The first-order valence-electron chi connectivity index (χ1n) is 6.62. The van der Waals surface area contributed by atoms with Crippen LogP contribution >= 0.6 is 11.6 Å². The third-order valence-corrected chi connectivity index (χ3v) is 3.14. The average Bonchev–Trinajstić information content (AvgIpc) is 2.47. The summed E-state index contributed by atoms with van der Waals surface area (Å²) in [4.78, 5) is 12.0. The van der Waals surface area contributed by atoms with Crippen LogP contribution in [0.25, 0.3) is 0 Å². The van der Waals surface area contributed by atoms with Crippen LogP contribution in [0.1, 0.15) is 15.9 Å². The molecule has 1 N–H and O–H groups in total. The third-order valence-electron chi connectivity index (χ3n) is 2.91. The Labute approximate surface area is 131 Å². The van der Waals surface area contributed by atoms with Crippen molar-refractivity contribution >= 4 is 17.5 Å². The quantitative estimate of drug-likeness (QED) is 0.874. The Kier molecular flexibility index (Phi) is 5.72. The summed E-state index contributed by atoms with van der Waals surface area (Å²) < 4.78 is 28.5. The van der Waals surface area contributed by atoms with Gasteiger partial charge in [0, 0.05) is 17.1 Å². The first-order chi connectivity index (χ1) is 10.5. The lowest BCUT2D eigenvalue weighted by molar-refractivity contribution is -0.0498. The molecule has 0 atom stereocenters. The van der Waals surface area contributed by atoms with Crippen molar-refractivity contribution in [3.05, 3.63) is 64.7 Å². The Bertz CT molecular complexity index is 650. The van der Waals surface area contributed by atoms with Crippen LogP contribution in [0, 0.1) is 0 Å². The lowest BCUT2D eigenvalue weighted by Crippen LogP contribution is -2.25. The molecule has 1 amide bonds. The van der Waals surface area contributed by atoms with Crippen LogP contribution in [0.2, 0.25) is 5.02 Å². The second-order valence-corrected chi connectivity index (χ2v) is 4.98. The molecule has 0 radical (unpaired) electrons. The van der Waals surface area contributed by atoms with Crippen molar-refractivity contribution < 1.29 is 18.3 Å². The average molecular weight is 326 g/mol. The molecule has 0 fully saturated rings. The zero-order valence-corrected chi connectivity index (χ0v) is 12.3. The summed E-state index contributed by atoms with van der Waals surface area (Å²) in [5.74, 6) is -0.390. The highest BCUT2D eigenvalue weighted by molar-refractivity contribution is 6.30. The van der Waals surface area contributed by atoms with Crippen LogP contribution < -0.4 is 10.1 Å². The maximum absolute atomic E-state index is 12.1. The number of hydrogen-bond acceptors (Lipinski definition) is 2. The van der Waals surface area contributed by atoms with Gasteiger partial charge in [0.15, 0.2) is 0 Å². The highest BCUT2D eigenvalue weighted by Gasteiger charge is 2.09. The van der Waals surface area contributed by atoms with E-state index in [1.54, 1.807) is 6.07 Å². The van der Waals surface area contributed by atoms with E-state index in [9.17, 15) is 13.6 Å². The van der Waals surface area contributed by atoms with E-state index in [4.69, 9.17) is 11.6 Å². The molecule has 3 nitrogen and oxygen atoms in total. The van der Waals surface area contributed by atoms with Gasteiger partial charge in [-0.15, -0.1) is 0 Å². The van der Waals surface area contributed by atoms with Gasteiger partial charge in [0.05, 0.1) is 0 Å². The summed E-state index contributed by atoms with van der Waals surface area (Å²) in [5.41, 5.74) is 1.27. The highest BCUT2D eigenvalue weighted by Crippen LogP contribution is 2.16. The topological polar surface area (TPSA) is 38.3 Å². The molecule has 0 aromatic heterocycles. The SMILES string of the molecule is O=C(NCCc1cccc(Cl)c1)c1cccc(OC(F)F)c1. The van der Waals surface area contributed by atoms with Crippen molar-refractivity contribution in [3.63, 3.8) is 0 Å². The first kappa shape index (κ1) is 16.2. The molecule has 116 valence electrons. The predicted molar refractivity (Wildman–Crippen MR) is 80.6 cm³/mol. The summed E-state index contributed by atoms with van der Waals surface area (Å²) in [6, 6.07) is 13.0. The van der Waals surface area contributed by atoms with E-state index in [1.165, 1.54) is 24.3 Å². The molecule has 0 aliphatic carbocycles. The molecular formula is C16H14ClF2NO2. The Morgan fingerprint density at radius 2 is 1.95 bits per heavy atom. The van der Waals surface area contributed by atoms with Gasteiger partial charge in [0.2, 0.25) is 0 Å². The van der Waals surface area contributed by atoms with Gasteiger partial charge in [-0.3, -0.25) is 4.79 Å². The fourth-order valence-corrected chi connectivity index (χ4v) is 2.14. The molecule has 0 aliphatic heterocycles. The minimum absolute atomic E-state index is 0.0440. The van der Waals surface area contributed by atoms with Crippen molar-refractivity contribution in [2.75, 3.05) is 6.54 Å². The van der Waals surface area contributed by atoms with Gasteiger partial charge in [-0.05, 0) is 42.3 Å². The van der Waals surface area contributed by atoms with E-state index in [-0.39, 0.29) is 17.2 Å². The van der Waals surface area contributed by atoms with Crippen molar-refractivity contribution in [2.45, 2.75) is 13.0 Å². The van der Waals surface area contributed by atoms with Crippen molar-refractivity contribution in [1.29, 1.82) is 0 Å². The van der Waals surface area contributed by atoms with Gasteiger partial charge >= 0.3 is 6.61 Å². The van der Waals surface area contributed by atoms with Gasteiger partial charge < -0.3 is 10.1 Å². The van der Waals surface area contributed by atoms with Crippen LogP contribution in [0.3, 0.4) is 0 Å². The summed E-state index contributed by atoms with van der Waals surface area (Å²) in [6.45, 7) is -2.50. The molecule has 6 heteroatoms. The predicted octanol–water partition coefficient (Wildman–Crippen LogP) is 3.91. The number of alkyl halides is 2. The van der Waals surface area contributed by atoms with Gasteiger partial charge in [0.25, 0.3) is 5.91 Å². The second kappa shape index (κ2) is 7.75. The fourth-order valence-electron chi connectivity index (χ4n) is 1.93. The molecule has 0 aliphatic rings. The van der Waals surface area contributed by atoms with Gasteiger partial charge in [0.1, 0.15) is 5.75 Å². The summed E-state index contributed by atoms with van der Waals surface area (Å²) in [6.07, 6.45) is 0.625.